The van der Waals surface area contributed by atoms with E-state index in [0.717, 1.165) is 12.1 Å². The molecule has 0 unspecified atom stereocenters. The predicted octanol–water partition coefficient (Wildman–Crippen LogP) is 0.968. The molecule has 1 aromatic carbocycles. The molecule has 0 spiro atoms. The first-order valence-electron chi connectivity index (χ1n) is 5.17. The molecule has 0 saturated heterocycles. The highest BCUT2D eigenvalue weighted by Crippen LogP contribution is 2.17. The molecule has 18 heavy (non-hydrogen) atoms. The Bertz CT molecular complexity index is 432. The second-order valence-corrected chi connectivity index (χ2v) is 3.47. The molecule has 0 atom stereocenters. The van der Waals surface area contributed by atoms with Crippen molar-refractivity contribution in [1.82, 2.24) is 5.32 Å². The van der Waals surface area contributed by atoms with E-state index < -0.39 is 29.2 Å². The molecular formula is C11H12F2N2O3. The van der Waals surface area contributed by atoms with Crippen LogP contribution in [0.25, 0.3) is 0 Å². The highest BCUT2D eigenvalue weighted by atomic mass is 19.1. The van der Waals surface area contributed by atoms with E-state index in [1.807, 2.05) is 0 Å². The van der Waals surface area contributed by atoms with Crippen molar-refractivity contribution in [3.05, 3.63) is 29.8 Å². The van der Waals surface area contributed by atoms with Crippen LogP contribution in [0, 0.1) is 11.6 Å². The Morgan fingerprint density at radius 1 is 1.22 bits per heavy atom. The molecule has 5 nitrogen and oxygen atoms in total. The smallest absolute Gasteiger partial charge is 0.304 e. The minimum Gasteiger partial charge on any atom is -0.481 e. The number of amides is 1. The highest BCUT2D eigenvalue weighted by Gasteiger charge is 2.11. The van der Waals surface area contributed by atoms with E-state index in [4.69, 9.17) is 5.11 Å². The molecule has 0 aliphatic heterocycles. The number of rotatable bonds is 6. The van der Waals surface area contributed by atoms with Gasteiger partial charge >= 0.3 is 5.97 Å². The molecule has 1 aromatic rings. The summed E-state index contributed by atoms with van der Waals surface area (Å²) in [5, 5.41) is 13.0. The molecule has 3 N–H and O–H groups in total. The van der Waals surface area contributed by atoms with E-state index in [9.17, 15) is 18.4 Å². The summed E-state index contributed by atoms with van der Waals surface area (Å²) in [6, 6.07) is 3.23. The number of halogens is 2. The summed E-state index contributed by atoms with van der Waals surface area (Å²) >= 11 is 0. The maximum Gasteiger partial charge on any atom is 0.304 e. The van der Waals surface area contributed by atoms with Crippen LogP contribution in [0.5, 0.6) is 0 Å². The van der Waals surface area contributed by atoms with E-state index in [2.05, 4.69) is 10.6 Å². The fourth-order valence-electron chi connectivity index (χ4n) is 1.20. The number of carbonyl (C=O) groups excluding carboxylic acids is 1. The zero-order chi connectivity index (χ0) is 13.5. The minimum absolute atomic E-state index is 0.0997. The van der Waals surface area contributed by atoms with E-state index in [1.54, 1.807) is 0 Å². The average Bonchev–Trinajstić information content (AvgIpc) is 2.29. The van der Waals surface area contributed by atoms with Gasteiger partial charge in [-0.15, -0.1) is 0 Å². The van der Waals surface area contributed by atoms with Crippen molar-refractivity contribution in [3.8, 4) is 0 Å². The Hall–Kier alpha value is -2.02. The van der Waals surface area contributed by atoms with E-state index in [1.165, 1.54) is 6.07 Å². The van der Waals surface area contributed by atoms with Crippen molar-refractivity contribution in [2.75, 3.05) is 18.4 Å². The molecule has 98 valence electrons. The van der Waals surface area contributed by atoms with Gasteiger partial charge in [0.25, 0.3) is 0 Å². The zero-order valence-corrected chi connectivity index (χ0v) is 9.37. The third kappa shape index (κ3) is 4.46. The Kier molecular flexibility index (Phi) is 5.19. The summed E-state index contributed by atoms with van der Waals surface area (Å²) in [4.78, 5) is 21.5. The summed E-state index contributed by atoms with van der Waals surface area (Å²) in [7, 11) is 0. The van der Waals surface area contributed by atoms with Gasteiger partial charge in [0.1, 0.15) is 17.3 Å². The number of carbonyl (C=O) groups is 2. The Morgan fingerprint density at radius 2 is 1.83 bits per heavy atom. The molecule has 0 aliphatic rings. The zero-order valence-electron chi connectivity index (χ0n) is 9.37. The van der Waals surface area contributed by atoms with Crippen molar-refractivity contribution in [3.63, 3.8) is 0 Å². The van der Waals surface area contributed by atoms with Gasteiger partial charge in [-0.25, -0.2) is 8.78 Å². The Balaban J connectivity index is 2.43. The van der Waals surface area contributed by atoms with Gasteiger partial charge in [0.15, 0.2) is 0 Å². The topological polar surface area (TPSA) is 78.4 Å². The lowest BCUT2D eigenvalue weighted by atomic mass is 10.3. The molecule has 0 radical (unpaired) electrons. The number of nitrogens with one attached hydrogen (secondary N) is 2. The number of hydrogen-bond donors (Lipinski definition) is 3. The second-order valence-electron chi connectivity index (χ2n) is 3.47. The first-order chi connectivity index (χ1) is 8.50. The van der Waals surface area contributed by atoms with Crippen molar-refractivity contribution >= 4 is 17.6 Å². The van der Waals surface area contributed by atoms with Crippen LogP contribution in [0.15, 0.2) is 18.2 Å². The van der Waals surface area contributed by atoms with Gasteiger partial charge in [0.05, 0.1) is 13.0 Å². The van der Waals surface area contributed by atoms with E-state index in [0.29, 0.717) is 0 Å². The Labute approximate surface area is 102 Å². The first-order valence-corrected chi connectivity index (χ1v) is 5.17. The lowest BCUT2D eigenvalue weighted by Gasteiger charge is -2.07. The molecule has 0 heterocycles. The average molecular weight is 258 g/mol. The number of anilines is 1. The molecule has 0 aliphatic carbocycles. The van der Waals surface area contributed by atoms with Crippen LogP contribution >= 0.6 is 0 Å². The molecule has 0 bridgehead atoms. The number of carboxylic acids is 1. The lowest BCUT2D eigenvalue weighted by Crippen LogP contribution is -2.30. The molecule has 7 heteroatoms. The van der Waals surface area contributed by atoms with Crippen LogP contribution in [0.2, 0.25) is 0 Å². The summed E-state index contributed by atoms with van der Waals surface area (Å²) in [6.07, 6.45) is -0.138. The molecule has 0 saturated carbocycles. The molecule has 0 aromatic heterocycles. The van der Waals surface area contributed by atoms with Crippen molar-refractivity contribution in [2.45, 2.75) is 6.42 Å². The van der Waals surface area contributed by atoms with Gasteiger partial charge in [0.2, 0.25) is 5.91 Å². The summed E-state index contributed by atoms with van der Waals surface area (Å²) in [5.41, 5.74) is -0.512. The third-order valence-corrected chi connectivity index (χ3v) is 2.03. The number of hydrogen-bond acceptors (Lipinski definition) is 3. The summed E-state index contributed by atoms with van der Waals surface area (Å²) < 4.78 is 26.3. The van der Waals surface area contributed by atoms with E-state index in [-0.39, 0.29) is 19.5 Å². The third-order valence-electron chi connectivity index (χ3n) is 2.03. The SMILES string of the molecule is O=C(O)CCNCC(=O)Nc1c(F)cccc1F. The van der Waals surface area contributed by atoms with Crippen LogP contribution in [0.3, 0.4) is 0 Å². The second kappa shape index (κ2) is 6.65. The van der Waals surface area contributed by atoms with Crippen LogP contribution in [0.1, 0.15) is 6.42 Å². The standard InChI is InChI=1S/C11H12F2N2O3/c12-7-2-1-3-8(13)11(7)15-9(16)6-14-5-4-10(17)18/h1-3,14H,4-6H2,(H,15,16)(H,17,18). The quantitative estimate of drug-likeness (QED) is 0.664. The van der Waals surface area contributed by atoms with Crippen molar-refractivity contribution in [1.29, 1.82) is 0 Å². The molecule has 0 fully saturated rings. The lowest BCUT2D eigenvalue weighted by molar-refractivity contribution is -0.137. The number of carboxylic acid groups (broad SMARTS) is 1. The maximum absolute atomic E-state index is 13.2. The molecule has 1 amide bonds. The van der Waals surface area contributed by atoms with Crippen LogP contribution in [-0.4, -0.2) is 30.1 Å². The predicted molar refractivity (Wildman–Crippen MR) is 60.1 cm³/mol. The Morgan fingerprint density at radius 3 is 2.39 bits per heavy atom. The van der Waals surface area contributed by atoms with E-state index >= 15 is 0 Å². The van der Waals surface area contributed by atoms with Gasteiger partial charge < -0.3 is 15.7 Å². The van der Waals surface area contributed by atoms with Gasteiger partial charge in [-0.05, 0) is 12.1 Å². The van der Waals surface area contributed by atoms with Gasteiger partial charge in [-0.2, -0.15) is 0 Å². The van der Waals surface area contributed by atoms with Crippen molar-refractivity contribution < 1.29 is 23.5 Å². The fraction of sp³-hybridized carbons (Fsp3) is 0.273. The molecular weight excluding hydrogens is 246 g/mol. The largest absolute Gasteiger partial charge is 0.481 e. The first kappa shape index (κ1) is 14.0. The summed E-state index contributed by atoms with van der Waals surface area (Å²) in [5.74, 6) is -3.38. The number of aliphatic carboxylic acids is 1. The van der Waals surface area contributed by atoms with Crippen LogP contribution in [-0.2, 0) is 9.59 Å². The van der Waals surface area contributed by atoms with Gasteiger partial charge in [-0.1, -0.05) is 6.07 Å². The normalized spacial score (nSPS) is 10.1. The monoisotopic (exact) mass is 258 g/mol. The minimum atomic E-state index is -0.997. The van der Waals surface area contributed by atoms with Crippen molar-refractivity contribution in [2.24, 2.45) is 0 Å². The number of benzene rings is 1. The number of para-hydroxylation sites is 1. The van der Waals surface area contributed by atoms with Gasteiger partial charge in [-0.3, -0.25) is 9.59 Å². The van der Waals surface area contributed by atoms with Crippen LogP contribution in [0.4, 0.5) is 14.5 Å². The molecule has 1 rings (SSSR count). The fourth-order valence-corrected chi connectivity index (χ4v) is 1.20. The highest BCUT2D eigenvalue weighted by molar-refractivity contribution is 5.92. The van der Waals surface area contributed by atoms with Crippen LogP contribution < -0.4 is 10.6 Å². The maximum atomic E-state index is 13.2. The van der Waals surface area contributed by atoms with Gasteiger partial charge in [0, 0.05) is 6.54 Å². The summed E-state index contributed by atoms with van der Waals surface area (Å²) in [6.45, 7) is -0.121.